The van der Waals surface area contributed by atoms with E-state index in [-0.39, 0.29) is 6.61 Å². The average molecular weight is 278 g/mol. The number of hydrogen-bond donors (Lipinski definition) is 2. The zero-order valence-electron chi connectivity index (χ0n) is 10.8. The maximum atomic E-state index is 11.0. The third-order valence-corrected chi connectivity index (χ3v) is 2.72. The number of aliphatic carboxylic acids is 1. The van der Waals surface area contributed by atoms with Crippen LogP contribution in [-0.4, -0.2) is 37.8 Å². The monoisotopic (exact) mass is 278 g/mol. The zero-order valence-corrected chi connectivity index (χ0v) is 10.8. The minimum absolute atomic E-state index is 0.231. The fraction of sp³-hybridized carbons (Fsp3) is 0.250. The number of ether oxygens (including phenoxy) is 1. The first kappa shape index (κ1) is 14.0. The first-order valence-corrected chi connectivity index (χ1v) is 5.73. The van der Waals surface area contributed by atoms with Gasteiger partial charge in [-0.2, -0.15) is 0 Å². The molecule has 1 atom stereocenters. The highest BCUT2D eigenvalue weighted by atomic mass is 16.7. The van der Waals surface area contributed by atoms with Crippen molar-refractivity contribution in [3.05, 3.63) is 37.1 Å². The molecule has 2 aromatic rings. The number of hydrogen-bond acceptors (Lipinski definition) is 6. The number of nitrogens with two attached hydrogens (primary N) is 1. The van der Waals surface area contributed by atoms with Crippen molar-refractivity contribution in [1.29, 1.82) is 0 Å². The van der Waals surface area contributed by atoms with E-state index in [9.17, 15) is 4.79 Å². The number of carboxylic acids is 1. The molecule has 0 aliphatic rings. The van der Waals surface area contributed by atoms with Gasteiger partial charge in [-0.05, 0) is 19.1 Å². The summed E-state index contributed by atoms with van der Waals surface area (Å²) in [5.74, 6) is 4.86. The second-order valence-electron chi connectivity index (χ2n) is 4.26. The lowest BCUT2D eigenvalue weighted by Crippen LogP contribution is -2.46. The Labute approximate surface area is 114 Å². The lowest BCUT2D eigenvalue weighted by atomic mass is 10.1. The minimum Gasteiger partial charge on any atom is -0.488 e. The van der Waals surface area contributed by atoms with Crippen molar-refractivity contribution in [2.24, 2.45) is 5.90 Å². The van der Waals surface area contributed by atoms with E-state index in [0.29, 0.717) is 11.6 Å². The van der Waals surface area contributed by atoms with Crippen molar-refractivity contribution in [2.75, 3.05) is 6.61 Å². The first-order valence-electron chi connectivity index (χ1n) is 5.73. The van der Waals surface area contributed by atoms with Crippen LogP contribution >= 0.6 is 0 Å². The molecule has 8 heteroatoms. The normalized spacial score (nSPS) is 13.7. The van der Waals surface area contributed by atoms with Crippen molar-refractivity contribution in [3.63, 3.8) is 0 Å². The maximum absolute atomic E-state index is 11.0. The molecule has 2 rings (SSSR count). The van der Waals surface area contributed by atoms with Gasteiger partial charge in [-0.3, -0.25) is 9.40 Å². The molecule has 2 aromatic heterocycles. The first-order chi connectivity index (χ1) is 9.55. The fourth-order valence-electron chi connectivity index (χ4n) is 1.37. The van der Waals surface area contributed by atoms with Crippen LogP contribution in [-0.2, 0) is 9.63 Å². The van der Waals surface area contributed by atoms with E-state index in [1.807, 2.05) is 0 Å². The number of aromatic nitrogens is 3. The van der Waals surface area contributed by atoms with Crippen LogP contribution in [0.5, 0.6) is 5.75 Å². The van der Waals surface area contributed by atoms with Crippen LogP contribution in [0.15, 0.2) is 37.1 Å². The van der Waals surface area contributed by atoms with Crippen LogP contribution in [0.3, 0.4) is 0 Å². The molecular formula is C12H14N4O4. The van der Waals surface area contributed by atoms with Gasteiger partial charge in [-0.1, -0.05) is 0 Å². The van der Waals surface area contributed by atoms with Gasteiger partial charge < -0.3 is 9.84 Å². The zero-order chi connectivity index (χ0) is 14.6. The summed E-state index contributed by atoms with van der Waals surface area (Å²) in [6, 6.07) is 3.39. The Balaban J connectivity index is 2.03. The van der Waals surface area contributed by atoms with Gasteiger partial charge in [0.2, 0.25) is 5.60 Å². The van der Waals surface area contributed by atoms with Crippen molar-refractivity contribution < 1.29 is 19.5 Å². The molecule has 3 N–H and O–H groups in total. The van der Waals surface area contributed by atoms with Gasteiger partial charge in [-0.25, -0.2) is 20.7 Å². The van der Waals surface area contributed by atoms with E-state index < -0.39 is 11.6 Å². The third-order valence-electron chi connectivity index (χ3n) is 2.72. The molecule has 0 fully saturated rings. The van der Waals surface area contributed by atoms with E-state index in [0.717, 1.165) is 0 Å². The predicted molar refractivity (Wildman–Crippen MR) is 68.2 cm³/mol. The van der Waals surface area contributed by atoms with E-state index in [2.05, 4.69) is 14.8 Å². The fourth-order valence-corrected chi connectivity index (χ4v) is 1.37. The quantitative estimate of drug-likeness (QED) is 0.734. The van der Waals surface area contributed by atoms with Gasteiger partial charge in [0.25, 0.3) is 0 Å². The Morgan fingerprint density at radius 2 is 2.35 bits per heavy atom. The molecule has 0 aliphatic heterocycles. The van der Waals surface area contributed by atoms with Crippen molar-refractivity contribution in [2.45, 2.75) is 12.5 Å². The Morgan fingerprint density at radius 3 is 2.85 bits per heavy atom. The number of carboxylic acid groups (broad SMARTS) is 1. The molecular weight excluding hydrogens is 264 g/mol. The van der Waals surface area contributed by atoms with E-state index in [1.54, 1.807) is 35.4 Å². The van der Waals surface area contributed by atoms with E-state index in [1.165, 1.54) is 13.1 Å². The summed E-state index contributed by atoms with van der Waals surface area (Å²) < 4.78 is 7.05. The molecule has 2 heterocycles. The lowest BCUT2D eigenvalue weighted by molar-refractivity contribution is -0.168. The Kier molecular flexibility index (Phi) is 3.97. The molecule has 0 radical (unpaired) electrons. The topological polar surface area (TPSA) is 112 Å². The summed E-state index contributed by atoms with van der Waals surface area (Å²) in [4.78, 5) is 23.5. The number of rotatable bonds is 6. The van der Waals surface area contributed by atoms with E-state index in [4.69, 9.17) is 15.7 Å². The SMILES string of the molecule is C[C@@](COc1ccc(-n2ccnc2)nc1)(ON)C(=O)O. The maximum Gasteiger partial charge on any atom is 0.341 e. The van der Waals surface area contributed by atoms with Crippen LogP contribution in [0.1, 0.15) is 6.92 Å². The van der Waals surface area contributed by atoms with Gasteiger partial charge in [0.15, 0.2) is 0 Å². The number of imidazole rings is 1. The third kappa shape index (κ3) is 2.92. The molecule has 0 saturated carbocycles. The Hall–Kier alpha value is -2.45. The summed E-state index contributed by atoms with van der Waals surface area (Å²) in [6.07, 6.45) is 6.50. The number of nitrogens with zero attached hydrogens (tertiary/aromatic N) is 3. The number of carbonyl (C=O) groups is 1. The van der Waals surface area contributed by atoms with Crippen LogP contribution in [0.25, 0.3) is 5.82 Å². The summed E-state index contributed by atoms with van der Waals surface area (Å²) in [5.41, 5.74) is -1.61. The van der Waals surface area contributed by atoms with Crippen LogP contribution in [0.2, 0.25) is 0 Å². The summed E-state index contributed by atoms with van der Waals surface area (Å²) in [6.45, 7) is 1.09. The van der Waals surface area contributed by atoms with Crippen molar-refractivity contribution >= 4 is 5.97 Å². The van der Waals surface area contributed by atoms with Crippen molar-refractivity contribution in [3.8, 4) is 11.6 Å². The molecule has 0 unspecified atom stereocenters. The summed E-state index contributed by atoms with van der Waals surface area (Å²) in [5, 5.41) is 8.97. The molecule has 0 aliphatic carbocycles. The predicted octanol–water partition coefficient (Wildman–Crippen LogP) is 0.380. The number of pyridine rings is 1. The highest BCUT2D eigenvalue weighted by molar-refractivity contribution is 5.77. The Bertz CT molecular complexity index is 570. The Morgan fingerprint density at radius 1 is 1.55 bits per heavy atom. The summed E-state index contributed by atoms with van der Waals surface area (Å²) >= 11 is 0. The van der Waals surface area contributed by atoms with Crippen molar-refractivity contribution in [1.82, 2.24) is 14.5 Å². The molecule has 0 aromatic carbocycles. The highest BCUT2D eigenvalue weighted by Crippen LogP contribution is 2.15. The second-order valence-corrected chi connectivity index (χ2v) is 4.26. The molecule has 0 spiro atoms. The molecule has 0 amide bonds. The standard InChI is InChI=1S/C12H14N4O4/c1-12(20-13,11(17)18)7-19-9-2-3-10(15-6-9)16-5-4-14-8-16/h2-6,8H,7,13H2,1H3,(H,17,18)/t12-/m0/s1. The van der Waals surface area contributed by atoms with Crippen LogP contribution in [0.4, 0.5) is 0 Å². The summed E-state index contributed by atoms with van der Waals surface area (Å²) in [7, 11) is 0. The molecule has 20 heavy (non-hydrogen) atoms. The second kappa shape index (κ2) is 5.68. The minimum atomic E-state index is -1.61. The van der Waals surface area contributed by atoms with E-state index >= 15 is 0 Å². The average Bonchev–Trinajstić information content (AvgIpc) is 2.99. The van der Waals surface area contributed by atoms with Crippen LogP contribution in [0, 0.1) is 0 Å². The van der Waals surface area contributed by atoms with Gasteiger partial charge >= 0.3 is 5.97 Å². The smallest absolute Gasteiger partial charge is 0.341 e. The van der Waals surface area contributed by atoms with Gasteiger partial charge in [0, 0.05) is 12.4 Å². The van der Waals surface area contributed by atoms with Crippen LogP contribution < -0.4 is 10.6 Å². The molecule has 0 bridgehead atoms. The molecule has 106 valence electrons. The van der Waals surface area contributed by atoms with Gasteiger partial charge in [0.1, 0.15) is 24.5 Å². The largest absolute Gasteiger partial charge is 0.488 e. The highest BCUT2D eigenvalue weighted by Gasteiger charge is 2.35. The molecule has 0 saturated heterocycles. The van der Waals surface area contributed by atoms with Gasteiger partial charge in [-0.15, -0.1) is 0 Å². The lowest BCUT2D eigenvalue weighted by Gasteiger charge is -2.21. The molecule has 8 nitrogen and oxygen atoms in total. The van der Waals surface area contributed by atoms with Gasteiger partial charge in [0.05, 0.1) is 6.20 Å².